The van der Waals surface area contributed by atoms with Gasteiger partial charge in [-0.05, 0) is 37.5 Å². The fourth-order valence-corrected chi connectivity index (χ4v) is 1.96. The molecule has 0 aliphatic heterocycles. The number of benzene rings is 1. The third-order valence-corrected chi connectivity index (χ3v) is 3.94. The van der Waals surface area contributed by atoms with E-state index >= 15 is 0 Å². The van der Waals surface area contributed by atoms with Gasteiger partial charge >= 0.3 is 5.97 Å². The summed E-state index contributed by atoms with van der Waals surface area (Å²) in [7, 11) is 0. The molecule has 1 unspecified atom stereocenters. The van der Waals surface area contributed by atoms with Crippen LogP contribution in [0.1, 0.15) is 27.2 Å². The molecule has 0 amide bonds. The third-order valence-electron chi connectivity index (χ3n) is 3.45. The van der Waals surface area contributed by atoms with Crippen LogP contribution >= 0.6 is 15.9 Å². The highest BCUT2D eigenvalue weighted by molar-refractivity contribution is 9.10. The molecule has 1 atom stereocenters. The monoisotopic (exact) mass is 314 g/mol. The number of rotatable bonds is 6. The van der Waals surface area contributed by atoms with Gasteiger partial charge in [0.25, 0.3) is 0 Å². The van der Waals surface area contributed by atoms with Crippen molar-refractivity contribution in [1.82, 2.24) is 0 Å². The van der Waals surface area contributed by atoms with E-state index in [0.717, 1.165) is 10.2 Å². The Kier molecular flexibility index (Phi) is 5.20. The first-order valence-corrected chi connectivity index (χ1v) is 6.77. The number of aliphatic carboxylic acids is 1. The Labute approximate surface area is 116 Å². The van der Waals surface area contributed by atoms with Crippen molar-refractivity contribution in [2.24, 2.45) is 11.3 Å². The first kappa shape index (κ1) is 15.0. The summed E-state index contributed by atoms with van der Waals surface area (Å²) in [5.41, 5.74) is -0.744. The molecular formula is C14H19BrO3. The zero-order valence-corrected chi connectivity index (χ0v) is 12.5. The summed E-state index contributed by atoms with van der Waals surface area (Å²) in [4.78, 5) is 11.3. The van der Waals surface area contributed by atoms with E-state index in [1.807, 2.05) is 38.1 Å². The second-order valence-electron chi connectivity index (χ2n) is 4.93. The van der Waals surface area contributed by atoms with E-state index in [1.165, 1.54) is 0 Å². The smallest absolute Gasteiger partial charge is 0.309 e. The molecule has 1 N–H and O–H groups in total. The minimum atomic E-state index is -0.768. The molecule has 0 aromatic heterocycles. The summed E-state index contributed by atoms with van der Waals surface area (Å²) in [5, 5.41) is 9.28. The van der Waals surface area contributed by atoms with Crippen molar-refractivity contribution in [1.29, 1.82) is 0 Å². The highest BCUT2D eigenvalue weighted by atomic mass is 79.9. The fraction of sp³-hybridized carbons (Fsp3) is 0.500. The Balaban J connectivity index is 2.57. The first-order chi connectivity index (χ1) is 8.36. The molecular weight excluding hydrogens is 296 g/mol. The van der Waals surface area contributed by atoms with Crippen LogP contribution in [-0.4, -0.2) is 17.7 Å². The Morgan fingerprint density at radius 3 is 2.67 bits per heavy atom. The molecule has 100 valence electrons. The van der Waals surface area contributed by atoms with Crippen molar-refractivity contribution in [3.63, 3.8) is 0 Å². The zero-order valence-electron chi connectivity index (χ0n) is 10.9. The number of carbonyl (C=O) groups is 1. The highest BCUT2D eigenvalue weighted by Crippen LogP contribution is 2.31. The van der Waals surface area contributed by atoms with Crippen molar-refractivity contribution < 1.29 is 14.6 Å². The van der Waals surface area contributed by atoms with Gasteiger partial charge in [-0.2, -0.15) is 0 Å². The van der Waals surface area contributed by atoms with Crippen molar-refractivity contribution in [3.8, 4) is 5.75 Å². The average molecular weight is 315 g/mol. The van der Waals surface area contributed by atoms with Gasteiger partial charge in [-0.25, -0.2) is 0 Å². The maximum Gasteiger partial charge on any atom is 0.309 e. The van der Waals surface area contributed by atoms with Gasteiger partial charge in [-0.3, -0.25) is 4.79 Å². The van der Waals surface area contributed by atoms with Gasteiger partial charge in [0.1, 0.15) is 5.75 Å². The number of ether oxygens (including phenoxy) is 1. The Morgan fingerprint density at radius 2 is 2.17 bits per heavy atom. The van der Waals surface area contributed by atoms with Gasteiger partial charge in [0, 0.05) is 4.47 Å². The molecule has 1 rings (SSSR count). The summed E-state index contributed by atoms with van der Waals surface area (Å²) in [6, 6.07) is 7.53. The van der Waals surface area contributed by atoms with Gasteiger partial charge in [-0.1, -0.05) is 35.8 Å². The third kappa shape index (κ3) is 3.73. The fourth-order valence-electron chi connectivity index (χ4n) is 1.58. The van der Waals surface area contributed by atoms with Crippen molar-refractivity contribution in [3.05, 3.63) is 28.7 Å². The molecule has 0 spiro atoms. The van der Waals surface area contributed by atoms with Crippen LogP contribution in [0.4, 0.5) is 0 Å². The molecule has 0 saturated carbocycles. The lowest BCUT2D eigenvalue weighted by Crippen LogP contribution is -2.34. The van der Waals surface area contributed by atoms with Crippen LogP contribution in [0, 0.1) is 11.3 Å². The molecule has 0 heterocycles. The summed E-state index contributed by atoms with van der Waals surface area (Å²) in [5.74, 6) is 0.0531. The molecule has 0 aliphatic rings. The van der Waals surface area contributed by atoms with Crippen LogP contribution in [0.2, 0.25) is 0 Å². The number of carboxylic acid groups (broad SMARTS) is 1. The van der Waals surface area contributed by atoms with Crippen LogP contribution in [0.25, 0.3) is 0 Å². The minimum absolute atomic E-state index is 0.0705. The van der Waals surface area contributed by atoms with Gasteiger partial charge in [-0.15, -0.1) is 0 Å². The SMILES string of the molecule is CC(C)C(C)(CCOc1cccc(Br)c1)C(=O)O. The largest absolute Gasteiger partial charge is 0.494 e. The summed E-state index contributed by atoms with van der Waals surface area (Å²) >= 11 is 3.37. The molecule has 0 bridgehead atoms. The standard InChI is InChI=1S/C14H19BrO3/c1-10(2)14(3,13(16)17)7-8-18-12-6-4-5-11(15)9-12/h4-6,9-10H,7-8H2,1-3H3,(H,16,17). The van der Waals surface area contributed by atoms with Gasteiger partial charge < -0.3 is 9.84 Å². The molecule has 4 heteroatoms. The van der Waals surface area contributed by atoms with E-state index in [2.05, 4.69) is 15.9 Å². The Morgan fingerprint density at radius 1 is 1.50 bits per heavy atom. The summed E-state index contributed by atoms with van der Waals surface area (Å²) < 4.78 is 6.54. The topological polar surface area (TPSA) is 46.5 Å². The van der Waals surface area contributed by atoms with Crippen molar-refractivity contribution >= 4 is 21.9 Å². The van der Waals surface area contributed by atoms with Crippen LogP contribution in [0.5, 0.6) is 5.75 Å². The van der Waals surface area contributed by atoms with Gasteiger partial charge in [0.2, 0.25) is 0 Å². The normalized spacial score (nSPS) is 14.3. The molecule has 0 saturated heterocycles. The van der Waals surface area contributed by atoms with E-state index in [4.69, 9.17) is 4.74 Å². The van der Waals surface area contributed by atoms with Gasteiger partial charge in [0.15, 0.2) is 0 Å². The van der Waals surface area contributed by atoms with Crippen LogP contribution in [-0.2, 0) is 4.79 Å². The quantitative estimate of drug-likeness (QED) is 0.864. The Bertz CT molecular complexity index is 417. The van der Waals surface area contributed by atoms with E-state index in [9.17, 15) is 9.90 Å². The molecule has 0 aliphatic carbocycles. The highest BCUT2D eigenvalue weighted by Gasteiger charge is 2.36. The first-order valence-electron chi connectivity index (χ1n) is 5.98. The molecule has 1 aromatic carbocycles. The van der Waals surface area contributed by atoms with Gasteiger partial charge in [0.05, 0.1) is 12.0 Å². The van der Waals surface area contributed by atoms with Crippen molar-refractivity contribution in [2.45, 2.75) is 27.2 Å². The molecule has 0 fully saturated rings. The average Bonchev–Trinajstić information content (AvgIpc) is 2.28. The van der Waals surface area contributed by atoms with E-state index in [-0.39, 0.29) is 5.92 Å². The number of hydrogen-bond donors (Lipinski definition) is 1. The van der Waals surface area contributed by atoms with Crippen LogP contribution in [0.15, 0.2) is 28.7 Å². The van der Waals surface area contributed by atoms with Crippen LogP contribution in [0.3, 0.4) is 0 Å². The molecule has 18 heavy (non-hydrogen) atoms. The van der Waals surface area contributed by atoms with E-state index in [0.29, 0.717) is 13.0 Å². The second-order valence-corrected chi connectivity index (χ2v) is 5.85. The predicted molar refractivity (Wildman–Crippen MR) is 74.8 cm³/mol. The predicted octanol–water partition coefficient (Wildman–Crippen LogP) is 3.96. The lowest BCUT2D eigenvalue weighted by Gasteiger charge is -2.28. The molecule has 1 aromatic rings. The Hall–Kier alpha value is -1.03. The summed E-state index contributed by atoms with van der Waals surface area (Å²) in [6.07, 6.45) is 0.493. The lowest BCUT2D eigenvalue weighted by atomic mass is 9.77. The molecule has 0 radical (unpaired) electrons. The second kappa shape index (κ2) is 6.23. The zero-order chi connectivity index (χ0) is 13.8. The number of hydrogen-bond acceptors (Lipinski definition) is 2. The number of halogens is 1. The minimum Gasteiger partial charge on any atom is -0.494 e. The van der Waals surface area contributed by atoms with Crippen LogP contribution < -0.4 is 4.74 Å². The van der Waals surface area contributed by atoms with E-state index < -0.39 is 11.4 Å². The van der Waals surface area contributed by atoms with Crippen molar-refractivity contribution in [2.75, 3.05) is 6.61 Å². The maximum absolute atomic E-state index is 11.3. The maximum atomic E-state index is 11.3. The van der Waals surface area contributed by atoms with E-state index in [1.54, 1.807) is 6.92 Å². The summed E-state index contributed by atoms with van der Waals surface area (Å²) in [6.45, 7) is 6.02. The number of carboxylic acids is 1. The molecule has 3 nitrogen and oxygen atoms in total. The lowest BCUT2D eigenvalue weighted by molar-refractivity contribution is -0.151.